The molecule has 0 bridgehead atoms. The number of aromatic amines is 1. The Morgan fingerprint density at radius 1 is 1.92 bits per heavy atom. The first kappa shape index (κ1) is 8.41. The van der Waals surface area contributed by atoms with Crippen LogP contribution in [0.5, 0.6) is 0 Å². The minimum absolute atomic E-state index is 0.153. The highest BCUT2D eigenvalue weighted by Gasteiger charge is 2.10. The van der Waals surface area contributed by atoms with E-state index >= 15 is 0 Å². The van der Waals surface area contributed by atoms with Crippen LogP contribution in [0.2, 0.25) is 0 Å². The molecule has 0 saturated heterocycles. The molecular formula is C6H8N4O2. The van der Waals surface area contributed by atoms with Crippen molar-refractivity contribution in [3.63, 3.8) is 0 Å². The minimum Gasteiger partial charge on any atom is -0.358 e. The SMILES string of the molecule is C=C(CN)c1cc([N+](=O)[O-])[nH]n1. The van der Waals surface area contributed by atoms with Gasteiger partial charge >= 0.3 is 5.82 Å². The third kappa shape index (κ3) is 1.48. The number of nitrogens with zero attached hydrogens (tertiary/aromatic N) is 2. The fourth-order valence-corrected chi connectivity index (χ4v) is 0.691. The van der Waals surface area contributed by atoms with Gasteiger partial charge in [-0.1, -0.05) is 11.7 Å². The Balaban J connectivity index is 2.91. The first-order valence-electron chi connectivity index (χ1n) is 3.23. The summed E-state index contributed by atoms with van der Waals surface area (Å²) >= 11 is 0. The van der Waals surface area contributed by atoms with Crippen molar-refractivity contribution in [2.24, 2.45) is 5.73 Å². The zero-order chi connectivity index (χ0) is 9.14. The summed E-state index contributed by atoms with van der Waals surface area (Å²) in [6.07, 6.45) is 0. The van der Waals surface area contributed by atoms with Gasteiger partial charge in [0, 0.05) is 6.54 Å². The fourth-order valence-electron chi connectivity index (χ4n) is 0.691. The molecule has 6 heteroatoms. The lowest BCUT2D eigenvalue weighted by Crippen LogP contribution is -2.00. The fraction of sp³-hybridized carbons (Fsp3) is 0.167. The van der Waals surface area contributed by atoms with Crippen LogP contribution in [0.1, 0.15) is 5.69 Å². The Morgan fingerprint density at radius 2 is 2.58 bits per heavy atom. The summed E-state index contributed by atoms with van der Waals surface area (Å²) in [5.74, 6) is -0.153. The van der Waals surface area contributed by atoms with E-state index in [1.165, 1.54) is 6.07 Å². The maximum absolute atomic E-state index is 10.2. The van der Waals surface area contributed by atoms with Gasteiger partial charge in [0.15, 0.2) is 0 Å². The van der Waals surface area contributed by atoms with E-state index in [-0.39, 0.29) is 12.4 Å². The summed E-state index contributed by atoms with van der Waals surface area (Å²) in [5, 5.41) is 16.1. The number of H-pyrrole nitrogens is 1. The first-order valence-corrected chi connectivity index (χ1v) is 3.23. The molecule has 0 aliphatic rings. The second-order valence-electron chi connectivity index (χ2n) is 2.20. The van der Waals surface area contributed by atoms with Crippen LogP contribution in [0, 0.1) is 10.1 Å². The van der Waals surface area contributed by atoms with Gasteiger partial charge in [-0.25, -0.2) is 0 Å². The average Bonchev–Trinajstić information content (AvgIpc) is 2.51. The van der Waals surface area contributed by atoms with Crippen LogP contribution in [-0.2, 0) is 0 Å². The molecule has 12 heavy (non-hydrogen) atoms. The third-order valence-electron chi connectivity index (χ3n) is 1.37. The molecule has 0 amide bonds. The van der Waals surface area contributed by atoms with Crippen molar-refractivity contribution < 1.29 is 4.92 Å². The van der Waals surface area contributed by atoms with Crippen molar-refractivity contribution >= 4 is 11.4 Å². The zero-order valence-corrected chi connectivity index (χ0v) is 6.28. The number of hydrogen-bond donors (Lipinski definition) is 2. The van der Waals surface area contributed by atoms with E-state index in [2.05, 4.69) is 16.8 Å². The second kappa shape index (κ2) is 3.14. The smallest absolute Gasteiger partial charge is 0.343 e. The lowest BCUT2D eigenvalue weighted by molar-refractivity contribution is -0.389. The van der Waals surface area contributed by atoms with Crippen LogP contribution in [0.3, 0.4) is 0 Å². The summed E-state index contributed by atoms with van der Waals surface area (Å²) in [6.45, 7) is 3.82. The van der Waals surface area contributed by atoms with Gasteiger partial charge in [-0.05, 0) is 10.5 Å². The molecule has 0 aliphatic carbocycles. The van der Waals surface area contributed by atoms with Crippen LogP contribution in [0.15, 0.2) is 12.6 Å². The van der Waals surface area contributed by atoms with E-state index < -0.39 is 4.92 Å². The van der Waals surface area contributed by atoms with Gasteiger partial charge in [0.2, 0.25) is 0 Å². The van der Waals surface area contributed by atoms with E-state index in [9.17, 15) is 10.1 Å². The molecule has 0 aliphatic heterocycles. The molecule has 0 aromatic carbocycles. The van der Waals surface area contributed by atoms with Gasteiger partial charge in [-0.3, -0.25) is 0 Å². The molecule has 0 unspecified atom stereocenters. The number of aromatic nitrogens is 2. The van der Waals surface area contributed by atoms with E-state index in [1.54, 1.807) is 0 Å². The molecule has 6 nitrogen and oxygen atoms in total. The summed E-state index contributed by atoms with van der Waals surface area (Å²) in [4.78, 5) is 9.64. The number of hydrogen-bond acceptors (Lipinski definition) is 4. The quantitative estimate of drug-likeness (QED) is 0.500. The molecule has 0 fully saturated rings. The van der Waals surface area contributed by atoms with Gasteiger partial charge < -0.3 is 15.8 Å². The molecule has 1 rings (SSSR count). The molecule has 0 atom stereocenters. The van der Waals surface area contributed by atoms with Crippen LogP contribution in [-0.4, -0.2) is 21.7 Å². The summed E-state index contributed by atoms with van der Waals surface area (Å²) < 4.78 is 0. The van der Waals surface area contributed by atoms with Crippen LogP contribution in [0.25, 0.3) is 5.57 Å². The number of rotatable bonds is 3. The Bertz CT molecular complexity index is 317. The minimum atomic E-state index is -0.555. The topological polar surface area (TPSA) is 97.8 Å². The van der Waals surface area contributed by atoms with Crippen molar-refractivity contribution in [1.82, 2.24) is 10.2 Å². The lowest BCUT2D eigenvalue weighted by atomic mass is 10.2. The molecule has 0 spiro atoms. The average molecular weight is 168 g/mol. The van der Waals surface area contributed by atoms with E-state index in [0.717, 1.165) is 0 Å². The Morgan fingerprint density at radius 3 is 3.00 bits per heavy atom. The van der Waals surface area contributed by atoms with Gasteiger partial charge in [0.1, 0.15) is 5.69 Å². The first-order chi connectivity index (χ1) is 5.65. The number of nitrogens with one attached hydrogen (secondary N) is 1. The molecule has 64 valence electrons. The lowest BCUT2D eigenvalue weighted by Gasteiger charge is -1.91. The maximum Gasteiger partial charge on any atom is 0.343 e. The highest BCUT2D eigenvalue weighted by Crippen LogP contribution is 2.13. The van der Waals surface area contributed by atoms with Crippen LogP contribution < -0.4 is 5.73 Å². The van der Waals surface area contributed by atoms with Crippen LogP contribution in [0.4, 0.5) is 5.82 Å². The van der Waals surface area contributed by atoms with E-state index in [1.807, 2.05) is 0 Å². The highest BCUT2D eigenvalue weighted by molar-refractivity contribution is 5.62. The van der Waals surface area contributed by atoms with Gasteiger partial charge in [-0.15, -0.1) is 5.10 Å². The summed E-state index contributed by atoms with van der Waals surface area (Å²) in [5.41, 5.74) is 6.27. The van der Waals surface area contributed by atoms with Crippen molar-refractivity contribution in [1.29, 1.82) is 0 Å². The van der Waals surface area contributed by atoms with Crippen molar-refractivity contribution in [3.8, 4) is 0 Å². The molecule has 1 heterocycles. The normalized spacial score (nSPS) is 9.75. The molecule has 1 aromatic heterocycles. The van der Waals surface area contributed by atoms with Crippen molar-refractivity contribution in [2.75, 3.05) is 6.54 Å². The van der Waals surface area contributed by atoms with Gasteiger partial charge in [-0.2, -0.15) is 0 Å². The Labute approximate surface area is 68.2 Å². The highest BCUT2D eigenvalue weighted by atomic mass is 16.6. The van der Waals surface area contributed by atoms with Crippen molar-refractivity contribution in [3.05, 3.63) is 28.5 Å². The predicted molar refractivity (Wildman–Crippen MR) is 43.3 cm³/mol. The second-order valence-corrected chi connectivity index (χ2v) is 2.20. The van der Waals surface area contributed by atoms with Crippen LogP contribution >= 0.6 is 0 Å². The van der Waals surface area contributed by atoms with Crippen molar-refractivity contribution in [2.45, 2.75) is 0 Å². The summed E-state index contributed by atoms with van der Waals surface area (Å²) in [7, 11) is 0. The number of nitrogens with two attached hydrogens (primary N) is 1. The zero-order valence-electron chi connectivity index (χ0n) is 6.28. The standard InChI is InChI=1S/C6H8N4O2/c1-4(3-7)5-2-6(9-8-5)10(11)12/h2H,1,3,7H2,(H,8,9). The molecule has 3 N–H and O–H groups in total. The van der Waals surface area contributed by atoms with Gasteiger partial charge in [0.05, 0.1) is 6.07 Å². The molecule has 1 aromatic rings. The maximum atomic E-state index is 10.2. The van der Waals surface area contributed by atoms with Gasteiger partial charge in [0.25, 0.3) is 0 Å². The Kier molecular flexibility index (Phi) is 2.20. The molecule has 0 radical (unpaired) electrons. The Hall–Kier alpha value is -1.69. The number of nitro groups is 1. The third-order valence-corrected chi connectivity index (χ3v) is 1.37. The largest absolute Gasteiger partial charge is 0.358 e. The predicted octanol–water partition coefficient (Wildman–Crippen LogP) is 0.290. The molecule has 0 saturated carbocycles. The van der Waals surface area contributed by atoms with E-state index in [4.69, 9.17) is 5.73 Å². The van der Waals surface area contributed by atoms with E-state index in [0.29, 0.717) is 11.3 Å². The summed E-state index contributed by atoms with van der Waals surface area (Å²) in [6, 6.07) is 1.30. The monoisotopic (exact) mass is 168 g/mol. The molecular weight excluding hydrogens is 160 g/mol.